The molecule has 0 aliphatic heterocycles. The molecule has 0 unspecified atom stereocenters. The Morgan fingerprint density at radius 1 is 0.667 bits per heavy atom. The molecule has 2 heterocycles. The van der Waals surface area contributed by atoms with Crippen molar-refractivity contribution in [2.24, 2.45) is 0 Å². The third-order valence-corrected chi connectivity index (χ3v) is 5.87. The van der Waals surface area contributed by atoms with E-state index < -0.39 is 5.97 Å². The molecule has 0 aliphatic carbocycles. The van der Waals surface area contributed by atoms with Crippen LogP contribution in [0.1, 0.15) is 58.5 Å². The molecule has 45 heavy (non-hydrogen) atoms. The minimum absolute atomic E-state index is 0.0688. The molecule has 236 valence electrons. The summed E-state index contributed by atoms with van der Waals surface area (Å²) in [6.45, 7) is 4.26. The number of nitrogen functional groups attached to an aromatic ring is 1. The average Bonchev–Trinajstić information content (AvgIpc) is 3.05. The van der Waals surface area contributed by atoms with Crippen LogP contribution in [-0.4, -0.2) is 52.1 Å². The van der Waals surface area contributed by atoms with Crippen molar-refractivity contribution >= 4 is 35.2 Å². The molecule has 11 nitrogen and oxygen atoms in total. The van der Waals surface area contributed by atoms with Gasteiger partial charge in [0, 0.05) is 49.0 Å². The van der Waals surface area contributed by atoms with Gasteiger partial charge in [0.1, 0.15) is 0 Å². The fourth-order valence-corrected chi connectivity index (χ4v) is 3.57. The van der Waals surface area contributed by atoms with Crippen LogP contribution < -0.4 is 11.1 Å². The summed E-state index contributed by atoms with van der Waals surface area (Å²) in [5.41, 5.74) is 9.84. The lowest BCUT2D eigenvalue weighted by Crippen LogP contribution is -2.12. The molecule has 0 saturated heterocycles. The number of aryl methyl sites for hydroxylation is 2. The first-order chi connectivity index (χ1) is 21.7. The normalized spacial score (nSPS) is 9.73. The highest BCUT2D eigenvalue weighted by Gasteiger charge is 2.08. The monoisotopic (exact) mass is 614 g/mol. The zero-order valence-electron chi connectivity index (χ0n) is 25.3. The highest BCUT2D eigenvalue weighted by atomic mass is 16.5. The van der Waals surface area contributed by atoms with Crippen LogP contribution in [0.5, 0.6) is 0 Å². The second-order valence-corrected chi connectivity index (χ2v) is 9.29. The van der Waals surface area contributed by atoms with E-state index in [1.807, 2.05) is 24.3 Å². The smallest absolute Gasteiger partial charge is 0.338 e. The van der Waals surface area contributed by atoms with Crippen LogP contribution in [0.25, 0.3) is 0 Å². The van der Waals surface area contributed by atoms with Crippen molar-refractivity contribution in [2.75, 3.05) is 24.3 Å². The maximum absolute atomic E-state index is 11.9. The molecule has 0 fully saturated rings. The summed E-state index contributed by atoms with van der Waals surface area (Å²) in [5, 5.41) is 11.2. The molecule has 4 aromatic rings. The number of hydrogen-bond acceptors (Lipinski definition) is 9. The predicted molar refractivity (Wildman–Crippen MR) is 171 cm³/mol. The maximum atomic E-state index is 11.9. The number of rotatable bonds is 11. The first-order valence-electron chi connectivity index (χ1n) is 14.3. The standard InChI is InChI=1S/C17H18N2O3.C9H11NO2.C8H9NO2/c1-2-22-17(21)14-4-6-15(7-5-14)19-16(20)8-3-13-9-11-18-12-10-13;1-2-12-9(11)7-3-5-8(10)6-4-7;10-8(11)2-1-7-3-5-9-6-4-7/h4-7,9-12H,2-3,8H2,1H3,(H,19,20);3-6H,2,10H2,1H3;3-6H,1-2H2,(H,10,11). The number of benzene rings is 2. The Kier molecular flexibility index (Phi) is 16.1. The van der Waals surface area contributed by atoms with E-state index in [0.717, 1.165) is 11.1 Å². The van der Waals surface area contributed by atoms with Gasteiger partial charge in [-0.25, -0.2) is 9.59 Å². The fraction of sp³-hybridized carbons (Fsp3) is 0.235. The Labute approximate surface area is 262 Å². The number of nitrogens with zero attached hydrogens (tertiary/aromatic N) is 2. The summed E-state index contributed by atoms with van der Waals surface area (Å²) in [7, 11) is 0. The molecule has 1 amide bonds. The number of carboxylic acids is 1. The number of esters is 2. The molecule has 4 N–H and O–H groups in total. The van der Waals surface area contributed by atoms with Crippen LogP contribution in [-0.2, 0) is 31.9 Å². The number of amides is 1. The van der Waals surface area contributed by atoms with Crippen molar-refractivity contribution in [3.8, 4) is 0 Å². The van der Waals surface area contributed by atoms with Crippen LogP contribution in [0, 0.1) is 0 Å². The Hall–Kier alpha value is -5.58. The molecule has 2 aromatic heterocycles. The number of carboxylic acid groups (broad SMARTS) is 1. The van der Waals surface area contributed by atoms with Crippen molar-refractivity contribution in [3.63, 3.8) is 0 Å². The molecule has 0 radical (unpaired) electrons. The molecule has 0 saturated carbocycles. The van der Waals surface area contributed by atoms with Gasteiger partial charge in [-0.3, -0.25) is 19.6 Å². The van der Waals surface area contributed by atoms with Crippen molar-refractivity contribution in [3.05, 3.63) is 120 Å². The third kappa shape index (κ3) is 14.9. The van der Waals surface area contributed by atoms with Gasteiger partial charge in [0.05, 0.1) is 24.3 Å². The molecule has 11 heteroatoms. The van der Waals surface area contributed by atoms with Crippen LogP contribution in [0.2, 0.25) is 0 Å². The molecule has 2 aromatic carbocycles. The second-order valence-electron chi connectivity index (χ2n) is 9.29. The van der Waals surface area contributed by atoms with Crippen LogP contribution >= 0.6 is 0 Å². The van der Waals surface area contributed by atoms with Crippen molar-refractivity contribution in [2.45, 2.75) is 39.5 Å². The highest BCUT2D eigenvalue weighted by Crippen LogP contribution is 2.12. The zero-order chi connectivity index (χ0) is 32.9. The maximum Gasteiger partial charge on any atom is 0.338 e. The number of aromatic nitrogens is 2. The molecule has 0 spiro atoms. The van der Waals surface area contributed by atoms with E-state index in [1.54, 1.807) is 87.2 Å². The Morgan fingerprint density at radius 2 is 1.09 bits per heavy atom. The summed E-state index contributed by atoms with van der Waals surface area (Å²) < 4.78 is 9.69. The van der Waals surface area contributed by atoms with Gasteiger partial charge in [0.25, 0.3) is 0 Å². The van der Waals surface area contributed by atoms with Crippen molar-refractivity contribution in [1.82, 2.24) is 9.97 Å². The quantitative estimate of drug-likeness (QED) is 0.147. The fourth-order valence-electron chi connectivity index (χ4n) is 3.57. The number of ether oxygens (including phenoxy) is 2. The van der Waals surface area contributed by atoms with Crippen LogP contribution in [0.3, 0.4) is 0 Å². The van der Waals surface area contributed by atoms with Gasteiger partial charge in [-0.15, -0.1) is 0 Å². The number of hydrogen-bond donors (Lipinski definition) is 3. The number of pyridine rings is 2. The number of nitrogens with one attached hydrogen (secondary N) is 1. The third-order valence-electron chi connectivity index (χ3n) is 5.87. The van der Waals surface area contributed by atoms with Crippen LogP contribution in [0.4, 0.5) is 11.4 Å². The van der Waals surface area contributed by atoms with E-state index >= 15 is 0 Å². The Bertz CT molecular complexity index is 1460. The summed E-state index contributed by atoms with van der Waals surface area (Å²) in [6.07, 6.45) is 8.57. The van der Waals surface area contributed by atoms with E-state index in [4.69, 9.17) is 20.3 Å². The van der Waals surface area contributed by atoms with E-state index in [2.05, 4.69) is 15.3 Å². The number of anilines is 2. The van der Waals surface area contributed by atoms with Gasteiger partial charge in [-0.05, 0) is 111 Å². The topological polar surface area (TPSA) is 171 Å². The van der Waals surface area contributed by atoms with E-state index in [-0.39, 0.29) is 24.3 Å². The minimum Gasteiger partial charge on any atom is -0.481 e. The van der Waals surface area contributed by atoms with Gasteiger partial charge in [-0.1, -0.05) is 0 Å². The first-order valence-corrected chi connectivity index (χ1v) is 14.3. The largest absolute Gasteiger partial charge is 0.481 e. The van der Waals surface area contributed by atoms with E-state index in [9.17, 15) is 19.2 Å². The highest BCUT2D eigenvalue weighted by molar-refractivity contribution is 5.93. The Balaban J connectivity index is 0.000000259. The number of nitrogens with two attached hydrogens (primary N) is 1. The number of carbonyl (C=O) groups excluding carboxylic acids is 3. The average molecular weight is 615 g/mol. The first kappa shape index (κ1) is 35.6. The summed E-state index contributed by atoms with van der Waals surface area (Å²) in [4.78, 5) is 52.4. The van der Waals surface area contributed by atoms with Gasteiger partial charge in [-0.2, -0.15) is 0 Å². The van der Waals surface area contributed by atoms with Crippen molar-refractivity contribution in [1.29, 1.82) is 0 Å². The van der Waals surface area contributed by atoms with Crippen molar-refractivity contribution < 1.29 is 33.8 Å². The second kappa shape index (κ2) is 20.3. The van der Waals surface area contributed by atoms with E-state index in [0.29, 0.717) is 55.0 Å². The summed E-state index contributed by atoms with van der Waals surface area (Å²) >= 11 is 0. The molecule has 0 aliphatic rings. The SMILES string of the molecule is CCOC(=O)c1ccc(N)cc1.CCOC(=O)c1ccc(NC(=O)CCc2ccncc2)cc1.O=C(O)CCc1ccncc1. The van der Waals surface area contributed by atoms with Gasteiger partial charge < -0.3 is 25.6 Å². The Morgan fingerprint density at radius 3 is 1.51 bits per heavy atom. The molecule has 0 atom stereocenters. The van der Waals surface area contributed by atoms with E-state index in [1.165, 1.54) is 0 Å². The lowest BCUT2D eigenvalue weighted by atomic mass is 10.1. The minimum atomic E-state index is -0.762. The molecular weight excluding hydrogens is 576 g/mol. The summed E-state index contributed by atoms with van der Waals surface area (Å²) in [5.74, 6) is -1.50. The van der Waals surface area contributed by atoms with Gasteiger partial charge in [0.15, 0.2) is 0 Å². The summed E-state index contributed by atoms with van der Waals surface area (Å²) in [6, 6.07) is 20.7. The van der Waals surface area contributed by atoms with Gasteiger partial charge in [0.2, 0.25) is 5.91 Å². The van der Waals surface area contributed by atoms with Gasteiger partial charge >= 0.3 is 17.9 Å². The lowest BCUT2D eigenvalue weighted by molar-refractivity contribution is -0.137. The van der Waals surface area contributed by atoms with Crippen LogP contribution in [0.15, 0.2) is 97.6 Å². The number of carbonyl (C=O) groups is 4. The predicted octanol–water partition coefficient (Wildman–Crippen LogP) is 5.37. The number of aliphatic carboxylic acids is 1. The molecule has 4 rings (SSSR count). The zero-order valence-corrected chi connectivity index (χ0v) is 25.3. The molecule has 0 bridgehead atoms. The molecular formula is C34H38N4O7. The lowest BCUT2D eigenvalue weighted by Gasteiger charge is -2.06.